The average molecular weight is 306 g/mol. The van der Waals surface area contributed by atoms with Gasteiger partial charge in [-0.2, -0.15) is 0 Å². The number of carboxylic acids is 1. The fourth-order valence-corrected chi connectivity index (χ4v) is 3.69. The molecule has 2 aromatic rings. The number of carbonyl (C=O) groups is 2. The minimum absolute atomic E-state index is 0.00991. The lowest BCUT2D eigenvalue weighted by molar-refractivity contribution is -0.137. The van der Waals surface area contributed by atoms with Crippen LogP contribution in [0.3, 0.4) is 0 Å². The first kappa shape index (κ1) is 13.7. The minimum atomic E-state index is -1.07. The van der Waals surface area contributed by atoms with Gasteiger partial charge in [0.05, 0.1) is 11.9 Å². The van der Waals surface area contributed by atoms with Gasteiger partial charge in [0.1, 0.15) is 23.5 Å². The van der Waals surface area contributed by atoms with E-state index in [0.29, 0.717) is 5.82 Å². The number of carboxylic acid groups (broad SMARTS) is 1. The normalized spacial score (nSPS) is 13.1. The number of fused-ring (bicyclic) bond motifs is 3. The molecule has 0 radical (unpaired) electrons. The fraction of sp³-hybridized carbons (Fsp3) is 0.385. The second kappa shape index (κ2) is 5.65. The van der Waals surface area contributed by atoms with Crippen LogP contribution in [0.5, 0.6) is 0 Å². The van der Waals surface area contributed by atoms with E-state index in [1.54, 1.807) is 11.3 Å². The van der Waals surface area contributed by atoms with Gasteiger partial charge >= 0.3 is 5.97 Å². The number of aryl methyl sites for hydroxylation is 2. The first-order valence-electron chi connectivity index (χ1n) is 6.63. The highest BCUT2D eigenvalue weighted by molar-refractivity contribution is 7.19. The van der Waals surface area contributed by atoms with E-state index in [1.165, 1.54) is 16.8 Å². The van der Waals surface area contributed by atoms with Gasteiger partial charge in [-0.15, -0.1) is 11.3 Å². The lowest BCUT2D eigenvalue weighted by Gasteiger charge is -2.07. The fourth-order valence-electron chi connectivity index (χ4n) is 2.46. The summed E-state index contributed by atoms with van der Waals surface area (Å²) in [4.78, 5) is 32.7. The number of amides is 1. The van der Waals surface area contributed by atoms with Crippen molar-refractivity contribution in [3.63, 3.8) is 0 Å². The van der Waals surface area contributed by atoms with Crippen LogP contribution >= 0.6 is 11.3 Å². The molecule has 21 heavy (non-hydrogen) atoms. The van der Waals surface area contributed by atoms with Crippen molar-refractivity contribution in [3.8, 4) is 0 Å². The predicted molar refractivity (Wildman–Crippen MR) is 78.6 cm³/mol. The Kier molecular flexibility index (Phi) is 3.70. The van der Waals surface area contributed by atoms with Crippen LogP contribution in [0.25, 0.3) is 10.2 Å². The minimum Gasteiger partial charge on any atom is -0.480 e. The first-order chi connectivity index (χ1) is 10.1. The molecule has 0 unspecified atom stereocenters. The summed E-state index contributed by atoms with van der Waals surface area (Å²) in [5.41, 5.74) is 1.28. The number of nitrogens with one attached hydrogen (secondary N) is 2. The third-order valence-electron chi connectivity index (χ3n) is 3.35. The van der Waals surface area contributed by atoms with Crippen LogP contribution in [0, 0.1) is 0 Å². The lowest BCUT2D eigenvalue weighted by atomic mass is 10.2. The number of aliphatic carboxylic acids is 1. The molecule has 0 saturated carbocycles. The van der Waals surface area contributed by atoms with Crippen LogP contribution in [-0.2, 0) is 22.4 Å². The van der Waals surface area contributed by atoms with Crippen molar-refractivity contribution in [2.24, 2.45) is 0 Å². The van der Waals surface area contributed by atoms with Gasteiger partial charge in [0.15, 0.2) is 0 Å². The predicted octanol–water partition coefficient (Wildman–Crippen LogP) is 0.793. The number of anilines is 1. The molecule has 7 nitrogen and oxygen atoms in total. The van der Waals surface area contributed by atoms with Gasteiger partial charge in [-0.1, -0.05) is 0 Å². The molecule has 0 aliphatic heterocycles. The molecule has 0 aromatic carbocycles. The third-order valence-corrected chi connectivity index (χ3v) is 4.55. The molecule has 0 bridgehead atoms. The van der Waals surface area contributed by atoms with E-state index in [1.807, 2.05) is 0 Å². The van der Waals surface area contributed by atoms with Crippen molar-refractivity contribution in [2.45, 2.75) is 19.3 Å². The summed E-state index contributed by atoms with van der Waals surface area (Å²) < 4.78 is 0. The standard InChI is InChI=1S/C13H14N4O3S/c18-9(14-5-10(19)20)4-15-12-11-7-2-1-3-8(7)21-13(11)17-6-16-12/h6H,1-5H2,(H,14,18)(H,19,20)(H,15,16,17). The third kappa shape index (κ3) is 2.80. The molecule has 2 aromatic heterocycles. The van der Waals surface area contributed by atoms with Crippen LogP contribution in [0.15, 0.2) is 6.33 Å². The summed E-state index contributed by atoms with van der Waals surface area (Å²) in [6, 6.07) is 0. The molecular weight excluding hydrogens is 292 g/mol. The average Bonchev–Trinajstić information content (AvgIpc) is 3.03. The van der Waals surface area contributed by atoms with E-state index in [-0.39, 0.29) is 19.0 Å². The van der Waals surface area contributed by atoms with Gasteiger partial charge in [0, 0.05) is 4.88 Å². The molecule has 0 saturated heterocycles. The molecule has 0 atom stereocenters. The maximum absolute atomic E-state index is 11.6. The Morgan fingerprint density at radius 2 is 2.14 bits per heavy atom. The van der Waals surface area contributed by atoms with E-state index in [9.17, 15) is 9.59 Å². The van der Waals surface area contributed by atoms with E-state index in [2.05, 4.69) is 20.6 Å². The summed E-state index contributed by atoms with van der Waals surface area (Å²) in [6.07, 6.45) is 4.72. The van der Waals surface area contributed by atoms with E-state index >= 15 is 0 Å². The maximum atomic E-state index is 11.6. The Morgan fingerprint density at radius 1 is 1.29 bits per heavy atom. The molecule has 8 heteroatoms. The quantitative estimate of drug-likeness (QED) is 0.754. The Hall–Kier alpha value is -2.22. The number of carbonyl (C=O) groups excluding carboxylic acids is 1. The van der Waals surface area contributed by atoms with Gasteiger partial charge in [0.2, 0.25) is 5.91 Å². The van der Waals surface area contributed by atoms with E-state index in [0.717, 1.165) is 29.5 Å². The van der Waals surface area contributed by atoms with Crippen molar-refractivity contribution in [3.05, 3.63) is 16.8 Å². The molecule has 1 aliphatic carbocycles. The molecular formula is C13H14N4O3S. The summed E-state index contributed by atoms with van der Waals surface area (Å²) in [5.74, 6) is -0.802. The van der Waals surface area contributed by atoms with Gasteiger partial charge in [0.25, 0.3) is 0 Å². The number of aromatic nitrogens is 2. The van der Waals surface area contributed by atoms with Gasteiger partial charge in [-0.25, -0.2) is 9.97 Å². The Balaban J connectivity index is 1.75. The van der Waals surface area contributed by atoms with Crippen LogP contribution in [0.4, 0.5) is 5.82 Å². The monoisotopic (exact) mass is 306 g/mol. The van der Waals surface area contributed by atoms with Crippen molar-refractivity contribution in [2.75, 3.05) is 18.4 Å². The summed E-state index contributed by atoms with van der Waals surface area (Å²) in [7, 11) is 0. The van der Waals surface area contributed by atoms with Crippen molar-refractivity contribution in [1.82, 2.24) is 15.3 Å². The summed E-state index contributed by atoms with van der Waals surface area (Å²) >= 11 is 1.68. The number of nitrogens with zero attached hydrogens (tertiary/aromatic N) is 2. The number of thiophene rings is 1. The van der Waals surface area contributed by atoms with E-state index < -0.39 is 5.97 Å². The highest BCUT2D eigenvalue weighted by atomic mass is 32.1. The summed E-state index contributed by atoms with van der Waals surface area (Å²) in [5, 5.41) is 14.8. The van der Waals surface area contributed by atoms with Crippen molar-refractivity contribution >= 4 is 39.2 Å². The van der Waals surface area contributed by atoms with Crippen molar-refractivity contribution < 1.29 is 14.7 Å². The Morgan fingerprint density at radius 3 is 2.95 bits per heavy atom. The molecule has 1 amide bonds. The molecule has 3 N–H and O–H groups in total. The molecule has 0 spiro atoms. The Labute approximate surface area is 124 Å². The zero-order valence-electron chi connectivity index (χ0n) is 11.2. The highest BCUT2D eigenvalue weighted by Crippen LogP contribution is 2.38. The molecule has 3 rings (SSSR count). The smallest absolute Gasteiger partial charge is 0.322 e. The number of hydrogen-bond acceptors (Lipinski definition) is 6. The molecule has 1 aliphatic rings. The Bertz CT molecular complexity index is 713. The SMILES string of the molecule is O=C(O)CNC(=O)CNc1ncnc2sc3c(c12)CCC3. The molecule has 110 valence electrons. The number of hydrogen-bond donors (Lipinski definition) is 3. The largest absolute Gasteiger partial charge is 0.480 e. The van der Waals surface area contributed by atoms with Crippen molar-refractivity contribution in [1.29, 1.82) is 0 Å². The zero-order valence-corrected chi connectivity index (χ0v) is 12.0. The highest BCUT2D eigenvalue weighted by Gasteiger charge is 2.21. The summed E-state index contributed by atoms with van der Waals surface area (Å²) in [6.45, 7) is -0.391. The second-order valence-corrected chi connectivity index (χ2v) is 5.87. The zero-order chi connectivity index (χ0) is 14.8. The maximum Gasteiger partial charge on any atom is 0.322 e. The second-order valence-electron chi connectivity index (χ2n) is 4.78. The van der Waals surface area contributed by atoms with Crippen LogP contribution in [0.1, 0.15) is 16.9 Å². The van der Waals surface area contributed by atoms with Crippen LogP contribution < -0.4 is 10.6 Å². The molecule has 0 fully saturated rings. The van der Waals surface area contributed by atoms with Gasteiger partial charge in [-0.3, -0.25) is 9.59 Å². The van der Waals surface area contributed by atoms with Gasteiger partial charge in [-0.05, 0) is 24.8 Å². The first-order valence-corrected chi connectivity index (χ1v) is 7.44. The van der Waals surface area contributed by atoms with E-state index in [4.69, 9.17) is 5.11 Å². The molecule has 2 heterocycles. The topological polar surface area (TPSA) is 104 Å². The van der Waals surface area contributed by atoms with Crippen LogP contribution in [-0.4, -0.2) is 40.0 Å². The number of rotatable bonds is 5. The van der Waals surface area contributed by atoms with Crippen LogP contribution in [0.2, 0.25) is 0 Å². The van der Waals surface area contributed by atoms with Gasteiger partial charge < -0.3 is 15.7 Å². The lowest BCUT2D eigenvalue weighted by Crippen LogP contribution is -2.34.